The molecule has 10 heteroatoms. The number of halogens is 2. The van der Waals surface area contributed by atoms with Gasteiger partial charge in [-0.05, 0) is 26.0 Å². The van der Waals surface area contributed by atoms with Crippen molar-refractivity contribution in [2.75, 3.05) is 11.1 Å². The van der Waals surface area contributed by atoms with Crippen LogP contribution in [0.25, 0.3) is 0 Å². The van der Waals surface area contributed by atoms with Crippen molar-refractivity contribution in [3.8, 4) is 0 Å². The van der Waals surface area contributed by atoms with Crippen molar-refractivity contribution in [3.05, 3.63) is 43.7 Å². The summed E-state index contributed by atoms with van der Waals surface area (Å²) in [5.41, 5.74) is 6.66. The summed E-state index contributed by atoms with van der Waals surface area (Å²) in [6, 6.07) is 2.93. The van der Waals surface area contributed by atoms with Gasteiger partial charge in [0.05, 0.1) is 20.7 Å². The lowest BCUT2D eigenvalue weighted by Crippen LogP contribution is -2.20. The molecule has 0 spiro atoms. The zero-order valence-electron chi connectivity index (χ0n) is 12.3. The minimum atomic E-state index is -0.522. The average molecular weight is 358 g/mol. The van der Waals surface area contributed by atoms with E-state index in [1.165, 1.54) is 30.7 Å². The first kappa shape index (κ1) is 17.0. The first-order valence-corrected chi connectivity index (χ1v) is 7.19. The zero-order valence-corrected chi connectivity index (χ0v) is 13.8. The van der Waals surface area contributed by atoms with E-state index in [-0.39, 0.29) is 33.7 Å². The summed E-state index contributed by atoms with van der Waals surface area (Å²) in [6.45, 7) is 2.86. The van der Waals surface area contributed by atoms with Crippen LogP contribution in [0.15, 0.2) is 12.1 Å². The van der Waals surface area contributed by atoms with E-state index in [2.05, 4.69) is 10.4 Å². The molecule has 2 aromatic rings. The molecule has 1 amide bonds. The summed E-state index contributed by atoms with van der Waals surface area (Å²) in [6.07, 6.45) is 0. The summed E-state index contributed by atoms with van der Waals surface area (Å²) in [5.74, 6) is -0.428. The molecule has 0 atom stereocenters. The predicted molar refractivity (Wildman–Crippen MR) is 87.9 cm³/mol. The fraction of sp³-hybridized carbons (Fsp3) is 0.231. The van der Waals surface area contributed by atoms with Gasteiger partial charge in [0.25, 0.3) is 0 Å². The number of anilines is 2. The Balaban J connectivity index is 2.18. The van der Waals surface area contributed by atoms with Crippen molar-refractivity contribution >= 4 is 46.2 Å². The predicted octanol–water partition coefficient (Wildman–Crippen LogP) is 2.94. The third-order valence-corrected chi connectivity index (χ3v) is 3.81. The fourth-order valence-corrected chi connectivity index (χ4v) is 2.59. The Labute approximate surface area is 141 Å². The number of aromatic nitrogens is 2. The Kier molecular flexibility index (Phi) is 4.76. The van der Waals surface area contributed by atoms with Gasteiger partial charge in [0.1, 0.15) is 17.9 Å². The fourth-order valence-electron chi connectivity index (χ4n) is 2.10. The highest BCUT2D eigenvalue weighted by Crippen LogP contribution is 2.31. The molecule has 0 saturated heterocycles. The molecule has 23 heavy (non-hydrogen) atoms. The van der Waals surface area contributed by atoms with E-state index in [1.54, 1.807) is 0 Å². The second-order valence-corrected chi connectivity index (χ2v) is 5.65. The second-order valence-electron chi connectivity index (χ2n) is 4.84. The van der Waals surface area contributed by atoms with Crippen LogP contribution in [-0.2, 0) is 11.3 Å². The van der Waals surface area contributed by atoms with Crippen LogP contribution in [0.2, 0.25) is 10.0 Å². The second kappa shape index (κ2) is 6.43. The van der Waals surface area contributed by atoms with Crippen LogP contribution >= 0.6 is 23.2 Å². The maximum absolute atomic E-state index is 12.1. The molecule has 0 fully saturated rings. The molecule has 0 radical (unpaired) electrons. The first-order chi connectivity index (χ1) is 10.7. The number of hydrogen-bond donors (Lipinski definition) is 2. The maximum Gasteiger partial charge on any atom is 0.312 e. The summed E-state index contributed by atoms with van der Waals surface area (Å²) in [7, 11) is 0. The summed E-state index contributed by atoms with van der Waals surface area (Å²) in [4.78, 5) is 22.5. The minimum Gasteiger partial charge on any atom is -0.396 e. The number of carbonyl (C=O) groups is 1. The summed E-state index contributed by atoms with van der Waals surface area (Å²) >= 11 is 11.8. The highest BCUT2D eigenvalue weighted by atomic mass is 35.5. The number of aryl methyl sites for hydroxylation is 1. The molecule has 3 N–H and O–H groups in total. The Hall–Kier alpha value is -2.32. The Morgan fingerprint density at radius 2 is 1.96 bits per heavy atom. The van der Waals surface area contributed by atoms with E-state index in [0.29, 0.717) is 11.4 Å². The van der Waals surface area contributed by atoms with Crippen molar-refractivity contribution in [2.45, 2.75) is 20.4 Å². The van der Waals surface area contributed by atoms with Gasteiger partial charge in [-0.3, -0.25) is 19.6 Å². The lowest BCUT2D eigenvalue weighted by atomic mass is 10.3. The van der Waals surface area contributed by atoms with Crippen molar-refractivity contribution in [2.24, 2.45) is 0 Å². The van der Waals surface area contributed by atoms with E-state index in [1.807, 2.05) is 0 Å². The van der Waals surface area contributed by atoms with Gasteiger partial charge in [0, 0.05) is 5.69 Å². The molecule has 122 valence electrons. The molecule has 1 aromatic carbocycles. The number of nitrogen functional groups attached to an aromatic ring is 1. The lowest BCUT2D eigenvalue weighted by molar-refractivity contribution is -0.386. The smallest absolute Gasteiger partial charge is 0.312 e. The molecule has 0 bridgehead atoms. The van der Waals surface area contributed by atoms with Gasteiger partial charge in [-0.15, -0.1) is 0 Å². The number of rotatable bonds is 4. The van der Waals surface area contributed by atoms with Crippen LogP contribution in [0.3, 0.4) is 0 Å². The van der Waals surface area contributed by atoms with Gasteiger partial charge in [-0.1, -0.05) is 23.2 Å². The van der Waals surface area contributed by atoms with Crippen molar-refractivity contribution in [1.82, 2.24) is 9.78 Å². The van der Waals surface area contributed by atoms with Crippen LogP contribution in [0.1, 0.15) is 11.4 Å². The monoisotopic (exact) mass is 357 g/mol. The topological polar surface area (TPSA) is 116 Å². The van der Waals surface area contributed by atoms with Crippen LogP contribution < -0.4 is 11.1 Å². The van der Waals surface area contributed by atoms with Crippen molar-refractivity contribution in [1.29, 1.82) is 0 Å². The van der Waals surface area contributed by atoms with E-state index in [0.717, 1.165) is 0 Å². The number of amides is 1. The molecule has 0 saturated carbocycles. The van der Waals surface area contributed by atoms with E-state index < -0.39 is 10.8 Å². The number of benzene rings is 1. The summed E-state index contributed by atoms with van der Waals surface area (Å²) < 4.78 is 1.27. The highest BCUT2D eigenvalue weighted by Gasteiger charge is 2.22. The van der Waals surface area contributed by atoms with Crippen molar-refractivity contribution in [3.63, 3.8) is 0 Å². The molecule has 1 aromatic heterocycles. The molecular weight excluding hydrogens is 345 g/mol. The number of nitrogens with one attached hydrogen (secondary N) is 1. The third-order valence-electron chi connectivity index (χ3n) is 3.18. The number of nitrogens with two attached hydrogens (primary N) is 1. The molecule has 0 aliphatic heterocycles. The SMILES string of the molecule is Cc1nn(CC(=O)Nc2cc(Cl)c(N)c(Cl)c2)c(C)c1[N+](=O)[O-]. The van der Waals surface area contributed by atoms with Gasteiger partial charge in [0.15, 0.2) is 0 Å². The normalized spacial score (nSPS) is 10.6. The molecule has 0 aliphatic carbocycles. The average Bonchev–Trinajstić information content (AvgIpc) is 2.70. The largest absolute Gasteiger partial charge is 0.396 e. The van der Waals surface area contributed by atoms with E-state index >= 15 is 0 Å². The Bertz CT molecular complexity index is 780. The Morgan fingerprint density at radius 1 is 1.39 bits per heavy atom. The summed E-state index contributed by atoms with van der Waals surface area (Å²) in [5, 5.41) is 18.0. The quantitative estimate of drug-likeness (QED) is 0.495. The van der Waals surface area contributed by atoms with Crippen LogP contribution in [-0.4, -0.2) is 20.6 Å². The molecule has 0 unspecified atom stereocenters. The van der Waals surface area contributed by atoms with E-state index in [9.17, 15) is 14.9 Å². The maximum atomic E-state index is 12.1. The van der Waals surface area contributed by atoms with Gasteiger partial charge in [-0.2, -0.15) is 5.10 Å². The van der Waals surface area contributed by atoms with Gasteiger partial charge >= 0.3 is 5.69 Å². The molecular formula is C13H13Cl2N5O3. The van der Waals surface area contributed by atoms with Gasteiger partial charge in [0.2, 0.25) is 5.91 Å². The number of hydrogen-bond acceptors (Lipinski definition) is 5. The first-order valence-electron chi connectivity index (χ1n) is 6.43. The molecule has 0 aliphatic rings. The Morgan fingerprint density at radius 3 is 2.43 bits per heavy atom. The number of nitro groups is 1. The van der Waals surface area contributed by atoms with Crippen LogP contribution in [0.5, 0.6) is 0 Å². The van der Waals surface area contributed by atoms with Gasteiger partial charge in [-0.25, -0.2) is 0 Å². The molecule has 2 rings (SSSR count). The van der Waals surface area contributed by atoms with Crippen LogP contribution in [0.4, 0.5) is 17.1 Å². The lowest BCUT2D eigenvalue weighted by Gasteiger charge is -2.09. The third kappa shape index (κ3) is 3.54. The van der Waals surface area contributed by atoms with Gasteiger partial charge < -0.3 is 11.1 Å². The van der Waals surface area contributed by atoms with E-state index in [4.69, 9.17) is 28.9 Å². The number of nitrogens with zero attached hydrogens (tertiary/aromatic N) is 3. The highest BCUT2D eigenvalue weighted by molar-refractivity contribution is 6.39. The minimum absolute atomic E-state index is 0.101. The van der Waals surface area contributed by atoms with Crippen LogP contribution in [0, 0.1) is 24.0 Å². The van der Waals surface area contributed by atoms with Crippen molar-refractivity contribution < 1.29 is 9.72 Å². The number of carbonyl (C=O) groups excluding carboxylic acids is 1. The standard InChI is InChI=1S/C13H13Cl2N5O3/c1-6-13(20(22)23)7(2)19(18-6)5-11(21)17-8-3-9(14)12(16)10(15)4-8/h3-4H,5,16H2,1-2H3,(H,17,21). The zero-order chi connectivity index (χ0) is 17.3. The molecule has 1 heterocycles. The molecule has 8 nitrogen and oxygen atoms in total.